The maximum atomic E-state index is 11.8. The number of hydrogen-bond donors (Lipinski definition) is 2. The Hall–Kier alpha value is -0.340. The molecular formula is C5H10F2N2O2S2. The summed E-state index contributed by atoms with van der Waals surface area (Å²) >= 11 is 4.48. The van der Waals surface area contributed by atoms with Crippen molar-refractivity contribution in [3.05, 3.63) is 0 Å². The van der Waals surface area contributed by atoms with Gasteiger partial charge < -0.3 is 5.73 Å². The third kappa shape index (κ3) is 3.92. The fourth-order valence-electron chi connectivity index (χ4n) is 0.592. The van der Waals surface area contributed by atoms with E-state index in [1.54, 1.807) is 11.6 Å². The van der Waals surface area contributed by atoms with Gasteiger partial charge in [0.15, 0.2) is 0 Å². The molecule has 13 heavy (non-hydrogen) atoms. The van der Waals surface area contributed by atoms with Gasteiger partial charge in [-0.1, -0.05) is 19.1 Å². The zero-order valence-electron chi connectivity index (χ0n) is 6.83. The predicted octanol–water partition coefficient (Wildman–Crippen LogP) is 0.193. The van der Waals surface area contributed by atoms with E-state index in [9.17, 15) is 17.2 Å². The van der Waals surface area contributed by atoms with Crippen LogP contribution < -0.4 is 10.5 Å². The monoisotopic (exact) mass is 232 g/mol. The zero-order chi connectivity index (χ0) is 10.6. The summed E-state index contributed by atoms with van der Waals surface area (Å²) in [5.74, 6) is -3.46. The molecule has 1 atom stereocenters. The highest BCUT2D eigenvalue weighted by Crippen LogP contribution is 2.04. The first-order valence-electron chi connectivity index (χ1n) is 3.40. The molecule has 78 valence electrons. The molecule has 0 aromatic heterocycles. The average molecular weight is 232 g/mol. The number of alkyl halides is 2. The van der Waals surface area contributed by atoms with E-state index in [-0.39, 0.29) is 11.4 Å². The lowest BCUT2D eigenvalue weighted by Gasteiger charge is -2.14. The molecule has 0 heterocycles. The lowest BCUT2D eigenvalue weighted by atomic mass is 10.2. The molecule has 0 saturated carbocycles. The molecule has 8 heteroatoms. The summed E-state index contributed by atoms with van der Waals surface area (Å²) in [7, 11) is -4.61. The van der Waals surface area contributed by atoms with Crippen LogP contribution in [0.2, 0.25) is 0 Å². The summed E-state index contributed by atoms with van der Waals surface area (Å²) in [6.07, 6.45) is 0.237. The van der Waals surface area contributed by atoms with Gasteiger partial charge in [-0.05, 0) is 6.42 Å². The van der Waals surface area contributed by atoms with Gasteiger partial charge in [0.05, 0.1) is 11.0 Å². The Labute approximate surface area is 80.5 Å². The van der Waals surface area contributed by atoms with Crippen molar-refractivity contribution in [2.24, 2.45) is 5.73 Å². The van der Waals surface area contributed by atoms with Crippen molar-refractivity contribution in [3.63, 3.8) is 0 Å². The largest absolute Gasteiger partial charge is 0.392 e. The van der Waals surface area contributed by atoms with Crippen LogP contribution in [0.4, 0.5) is 8.78 Å². The molecule has 0 aromatic carbocycles. The van der Waals surface area contributed by atoms with Gasteiger partial charge in [0.2, 0.25) is 0 Å². The maximum absolute atomic E-state index is 11.8. The third-order valence-corrected chi connectivity index (χ3v) is 2.66. The van der Waals surface area contributed by atoms with Crippen molar-refractivity contribution >= 4 is 27.2 Å². The number of sulfonamides is 1. The molecule has 0 saturated heterocycles. The van der Waals surface area contributed by atoms with E-state index in [0.29, 0.717) is 0 Å². The number of thiocarbonyl (C=S) groups is 1. The molecule has 0 aliphatic rings. The Morgan fingerprint density at radius 3 is 2.31 bits per heavy atom. The third-order valence-electron chi connectivity index (χ3n) is 1.29. The first-order chi connectivity index (χ1) is 5.81. The summed E-state index contributed by atoms with van der Waals surface area (Å²) in [5.41, 5.74) is 5.11. The Kier molecular flexibility index (Phi) is 4.65. The maximum Gasteiger partial charge on any atom is 0.350 e. The van der Waals surface area contributed by atoms with Crippen molar-refractivity contribution < 1.29 is 17.2 Å². The van der Waals surface area contributed by atoms with Crippen molar-refractivity contribution in [3.8, 4) is 0 Å². The van der Waals surface area contributed by atoms with Gasteiger partial charge in [-0.2, -0.15) is 8.78 Å². The quantitative estimate of drug-likeness (QED) is 0.664. The van der Waals surface area contributed by atoms with Crippen LogP contribution in [0, 0.1) is 0 Å². The molecule has 0 aliphatic heterocycles. The van der Waals surface area contributed by atoms with Crippen LogP contribution in [0.15, 0.2) is 0 Å². The summed E-state index contributed by atoms with van der Waals surface area (Å²) in [6.45, 7) is 1.58. The molecule has 0 rings (SSSR count). The van der Waals surface area contributed by atoms with Crippen molar-refractivity contribution in [2.75, 3.05) is 0 Å². The highest BCUT2D eigenvalue weighted by Gasteiger charge is 2.27. The SMILES string of the molecule is CCC(NS(=O)(=O)C(F)F)C(N)=S. The number of rotatable bonds is 5. The van der Waals surface area contributed by atoms with Crippen molar-refractivity contribution in [2.45, 2.75) is 25.1 Å². The first-order valence-corrected chi connectivity index (χ1v) is 5.35. The van der Waals surface area contributed by atoms with E-state index < -0.39 is 21.8 Å². The molecule has 0 bridgehead atoms. The van der Waals surface area contributed by atoms with Gasteiger partial charge in [0.1, 0.15) is 0 Å². The smallest absolute Gasteiger partial charge is 0.350 e. The standard InChI is InChI=1S/C5H10F2N2O2S2/c1-2-3(4(8)12)9-13(10,11)5(6)7/h3,5,9H,2H2,1H3,(H2,8,12). The average Bonchev–Trinajstić information content (AvgIpc) is 1.99. The molecule has 0 radical (unpaired) electrons. The van der Waals surface area contributed by atoms with E-state index in [1.807, 2.05) is 0 Å². The van der Waals surface area contributed by atoms with E-state index in [2.05, 4.69) is 12.2 Å². The summed E-state index contributed by atoms with van der Waals surface area (Å²) < 4.78 is 46.6. The minimum atomic E-state index is -4.61. The molecule has 0 aliphatic carbocycles. The van der Waals surface area contributed by atoms with Crippen LogP contribution in [0.3, 0.4) is 0 Å². The molecule has 3 N–H and O–H groups in total. The second kappa shape index (κ2) is 4.77. The van der Waals surface area contributed by atoms with Gasteiger partial charge in [-0.25, -0.2) is 13.1 Å². The molecule has 0 fully saturated rings. The topological polar surface area (TPSA) is 72.2 Å². The van der Waals surface area contributed by atoms with Crippen molar-refractivity contribution in [1.29, 1.82) is 0 Å². The number of nitrogens with two attached hydrogens (primary N) is 1. The second-order valence-corrected chi connectivity index (χ2v) is 4.44. The highest BCUT2D eigenvalue weighted by atomic mass is 32.2. The number of nitrogens with one attached hydrogen (secondary N) is 1. The number of hydrogen-bond acceptors (Lipinski definition) is 3. The van der Waals surface area contributed by atoms with Gasteiger partial charge in [-0.3, -0.25) is 0 Å². The Bertz CT molecular complexity index is 278. The Balaban J connectivity index is 4.50. The zero-order valence-corrected chi connectivity index (χ0v) is 8.46. The van der Waals surface area contributed by atoms with Gasteiger partial charge >= 0.3 is 5.76 Å². The molecule has 0 spiro atoms. The summed E-state index contributed by atoms with van der Waals surface area (Å²) in [6, 6.07) is -0.908. The van der Waals surface area contributed by atoms with E-state index >= 15 is 0 Å². The van der Waals surface area contributed by atoms with Crippen LogP contribution in [-0.4, -0.2) is 25.2 Å². The highest BCUT2D eigenvalue weighted by molar-refractivity contribution is 7.89. The molecule has 1 unspecified atom stereocenters. The normalized spacial score (nSPS) is 14.5. The minimum absolute atomic E-state index is 0.147. The Morgan fingerprint density at radius 1 is 1.62 bits per heavy atom. The van der Waals surface area contributed by atoms with Crippen molar-refractivity contribution in [1.82, 2.24) is 4.72 Å². The molecular weight excluding hydrogens is 222 g/mol. The fourth-order valence-corrected chi connectivity index (χ4v) is 1.69. The summed E-state index contributed by atoms with van der Waals surface area (Å²) in [5, 5.41) is 0. The number of halogens is 2. The van der Waals surface area contributed by atoms with Gasteiger partial charge in [-0.15, -0.1) is 0 Å². The first kappa shape index (κ1) is 12.7. The lowest BCUT2D eigenvalue weighted by Crippen LogP contribution is -2.44. The fraction of sp³-hybridized carbons (Fsp3) is 0.800. The van der Waals surface area contributed by atoms with E-state index in [4.69, 9.17) is 5.73 Å². The minimum Gasteiger partial charge on any atom is -0.392 e. The van der Waals surface area contributed by atoms with E-state index in [0.717, 1.165) is 0 Å². The van der Waals surface area contributed by atoms with Gasteiger partial charge in [0, 0.05) is 0 Å². The second-order valence-electron chi connectivity index (χ2n) is 2.29. The van der Waals surface area contributed by atoms with Crippen LogP contribution >= 0.6 is 12.2 Å². The molecule has 0 aromatic rings. The van der Waals surface area contributed by atoms with Crippen LogP contribution in [0.25, 0.3) is 0 Å². The predicted molar refractivity (Wildman–Crippen MR) is 48.9 cm³/mol. The lowest BCUT2D eigenvalue weighted by molar-refractivity contribution is 0.232. The summed E-state index contributed by atoms with van der Waals surface area (Å²) in [4.78, 5) is -0.147. The Morgan fingerprint density at radius 2 is 2.08 bits per heavy atom. The van der Waals surface area contributed by atoms with Crippen LogP contribution in [0.5, 0.6) is 0 Å². The molecule has 4 nitrogen and oxygen atoms in total. The van der Waals surface area contributed by atoms with E-state index in [1.165, 1.54) is 0 Å². The van der Waals surface area contributed by atoms with Crippen LogP contribution in [0.1, 0.15) is 13.3 Å². The van der Waals surface area contributed by atoms with Gasteiger partial charge in [0.25, 0.3) is 10.0 Å². The molecule has 0 amide bonds. The van der Waals surface area contributed by atoms with Crippen LogP contribution in [-0.2, 0) is 10.0 Å².